The van der Waals surface area contributed by atoms with Crippen LogP contribution < -0.4 is 0 Å². The van der Waals surface area contributed by atoms with Gasteiger partial charge in [-0.25, -0.2) is 4.79 Å². The Morgan fingerprint density at radius 1 is 0.960 bits per heavy atom. The maximum absolute atomic E-state index is 11.5. The van der Waals surface area contributed by atoms with Crippen LogP contribution in [0.2, 0.25) is 0 Å². The number of aromatic nitrogens is 2. The van der Waals surface area contributed by atoms with E-state index in [2.05, 4.69) is 4.98 Å². The highest BCUT2D eigenvalue weighted by molar-refractivity contribution is 6.02. The van der Waals surface area contributed by atoms with Crippen LogP contribution in [-0.2, 0) is 6.54 Å². The fourth-order valence-electron chi connectivity index (χ4n) is 3.06. The number of pyridine rings is 1. The zero-order valence-corrected chi connectivity index (χ0v) is 13.5. The Kier molecular flexibility index (Phi) is 3.78. The molecule has 0 aliphatic carbocycles. The third-order valence-electron chi connectivity index (χ3n) is 4.27. The summed E-state index contributed by atoms with van der Waals surface area (Å²) in [5.74, 6) is -0.914. The molecule has 0 saturated carbocycles. The van der Waals surface area contributed by atoms with Gasteiger partial charge < -0.3 is 9.67 Å². The van der Waals surface area contributed by atoms with Crippen molar-refractivity contribution in [1.82, 2.24) is 9.55 Å². The van der Waals surface area contributed by atoms with Crippen molar-refractivity contribution < 1.29 is 9.90 Å². The van der Waals surface area contributed by atoms with Crippen LogP contribution in [0.1, 0.15) is 15.9 Å². The summed E-state index contributed by atoms with van der Waals surface area (Å²) >= 11 is 0. The topological polar surface area (TPSA) is 55.1 Å². The average Bonchev–Trinajstić information content (AvgIpc) is 3.06. The number of fused-ring (bicyclic) bond motifs is 1. The summed E-state index contributed by atoms with van der Waals surface area (Å²) in [6.45, 7) is 0.579. The highest BCUT2D eigenvalue weighted by atomic mass is 16.4. The van der Waals surface area contributed by atoms with Gasteiger partial charge in [-0.15, -0.1) is 0 Å². The predicted octanol–water partition coefficient (Wildman–Crippen LogP) is 4.45. The quantitative estimate of drug-likeness (QED) is 0.602. The standard InChI is InChI=1S/C21H16N2O2/c24-21(25)18-8-4-7-17-11-12-23(20(17)18)14-15-9-10-19(22-13-15)16-5-2-1-3-6-16/h1-13H,14H2,(H,24,25). The Hall–Kier alpha value is -3.40. The number of aromatic carboxylic acids is 1. The zero-order chi connectivity index (χ0) is 17.2. The van der Waals surface area contributed by atoms with Crippen LogP contribution in [0.15, 0.2) is 79.1 Å². The van der Waals surface area contributed by atoms with Crippen LogP contribution >= 0.6 is 0 Å². The molecule has 0 aliphatic heterocycles. The average molecular weight is 328 g/mol. The van der Waals surface area contributed by atoms with E-state index in [4.69, 9.17) is 0 Å². The number of carboxylic acids is 1. The molecule has 0 saturated heterocycles. The normalized spacial score (nSPS) is 10.9. The lowest BCUT2D eigenvalue weighted by atomic mass is 10.1. The monoisotopic (exact) mass is 328 g/mol. The number of carbonyl (C=O) groups is 1. The molecule has 4 heteroatoms. The molecule has 25 heavy (non-hydrogen) atoms. The van der Waals surface area contributed by atoms with E-state index in [1.54, 1.807) is 12.1 Å². The van der Waals surface area contributed by atoms with Crippen molar-refractivity contribution >= 4 is 16.9 Å². The first-order valence-electron chi connectivity index (χ1n) is 8.04. The Balaban J connectivity index is 1.67. The number of nitrogens with zero attached hydrogens (tertiary/aromatic N) is 2. The third-order valence-corrected chi connectivity index (χ3v) is 4.27. The fraction of sp³-hybridized carbons (Fsp3) is 0.0476. The number of hydrogen-bond acceptors (Lipinski definition) is 2. The van der Waals surface area contributed by atoms with Crippen molar-refractivity contribution in [2.45, 2.75) is 6.54 Å². The van der Waals surface area contributed by atoms with E-state index in [1.807, 2.05) is 71.6 Å². The first-order valence-corrected chi connectivity index (χ1v) is 8.04. The molecule has 2 heterocycles. The van der Waals surface area contributed by atoms with Crippen molar-refractivity contribution in [1.29, 1.82) is 0 Å². The molecule has 0 radical (unpaired) electrons. The molecule has 0 amide bonds. The molecule has 0 spiro atoms. The van der Waals surface area contributed by atoms with Crippen LogP contribution in [0.5, 0.6) is 0 Å². The minimum Gasteiger partial charge on any atom is -0.478 e. The Morgan fingerprint density at radius 3 is 2.52 bits per heavy atom. The summed E-state index contributed by atoms with van der Waals surface area (Å²) in [5, 5.41) is 10.4. The number of benzene rings is 2. The number of carboxylic acid groups (broad SMARTS) is 1. The summed E-state index contributed by atoms with van der Waals surface area (Å²) in [7, 11) is 0. The summed E-state index contributed by atoms with van der Waals surface area (Å²) in [5.41, 5.74) is 4.08. The maximum Gasteiger partial charge on any atom is 0.337 e. The number of rotatable bonds is 4. The fourth-order valence-corrected chi connectivity index (χ4v) is 3.06. The first kappa shape index (κ1) is 15.1. The second-order valence-electron chi connectivity index (χ2n) is 5.91. The van der Waals surface area contributed by atoms with Gasteiger partial charge in [0.1, 0.15) is 0 Å². The summed E-state index contributed by atoms with van der Waals surface area (Å²) < 4.78 is 1.96. The summed E-state index contributed by atoms with van der Waals surface area (Å²) in [6.07, 6.45) is 3.76. The van der Waals surface area contributed by atoms with E-state index in [1.165, 1.54) is 0 Å². The molecule has 4 aromatic rings. The van der Waals surface area contributed by atoms with Gasteiger partial charge in [0.15, 0.2) is 0 Å². The molecule has 0 atom stereocenters. The lowest BCUT2D eigenvalue weighted by molar-refractivity contribution is 0.0698. The van der Waals surface area contributed by atoms with Crippen LogP contribution in [0.3, 0.4) is 0 Å². The molecule has 0 fully saturated rings. The Bertz CT molecular complexity index is 1030. The van der Waals surface area contributed by atoms with Gasteiger partial charge in [-0.3, -0.25) is 4.98 Å². The van der Waals surface area contributed by atoms with Crippen molar-refractivity contribution in [2.75, 3.05) is 0 Å². The van der Waals surface area contributed by atoms with Crippen molar-refractivity contribution in [3.8, 4) is 11.3 Å². The van der Waals surface area contributed by atoms with Crippen molar-refractivity contribution in [3.05, 3.63) is 90.3 Å². The molecule has 2 aromatic heterocycles. The lowest BCUT2D eigenvalue weighted by Gasteiger charge is -2.08. The van der Waals surface area contributed by atoms with Crippen LogP contribution in [0.25, 0.3) is 22.2 Å². The van der Waals surface area contributed by atoms with E-state index in [9.17, 15) is 9.90 Å². The molecule has 0 bridgehead atoms. The minimum absolute atomic E-state index is 0.316. The SMILES string of the molecule is O=C(O)c1cccc2ccn(Cc3ccc(-c4ccccc4)nc3)c12. The number of hydrogen-bond donors (Lipinski definition) is 1. The Labute approximate surface area is 145 Å². The highest BCUT2D eigenvalue weighted by Gasteiger charge is 2.12. The summed E-state index contributed by atoms with van der Waals surface area (Å²) in [4.78, 5) is 16.0. The Morgan fingerprint density at radius 2 is 1.80 bits per heavy atom. The molecule has 0 unspecified atom stereocenters. The molecule has 0 aliphatic rings. The van der Waals surface area contributed by atoms with Gasteiger partial charge in [-0.05, 0) is 23.8 Å². The zero-order valence-electron chi connectivity index (χ0n) is 13.5. The molecule has 4 rings (SSSR count). The van der Waals surface area contributed by atoms with Gasteiger partial charge >= 0.3 is 5.97 Å². The van der Waals surface area contributed by atoms with Crippen molar-refractivity contribution in [2.24, 2.45) is 0 Å². The van der Waals surface area contributed by atoms with Gasteiger partial charge in [0.2, 0.25) is 0 Å². The van der Waals surface area contributed by atoms with Gasteiger partial charge in [0, 0.05) is 29.9 Å². The molecule has 4 nitrogen and oxygen atoms in total. The summed E-state index contributed by atoms with van der Waals surface area (Å²) in [6, 6.07) is 21.3. The van der Waals surface area contributed by atoms with E-state index in [0.29, 0.717) is 12.1 Å². The first-order chi connectivity index (χ1) is 12.2. The van der Waals surface area contributed by atoms with E-state index < -0.39 is 5.97 Å². The molecule has 2 aromatic carbocycles. The van der Waals surface area contributed by atoms with Crippen LogP contribution in [0.4, 0.5) is 0 Å². The largest absolute Gasteiger partial charge is 0.478 e. The van der Waals surface area contributed by atoms with Crippen molar-refractivity contribution in [3.63, 3.8) is 0 Å². The second-order valence-corrected chi connectivity index (χ2v) is 5.91. The number of para-hydroxylation sites is 1. The van der Waals surface area contributed by atoms with Crippen LogP contribution in [-0.4, -0.2) is 20.6 Å². The van der Waals surface area contributed by atoms with E-state index >= 15 is 0 Å². The smallest absolute Gasteiger partial charge is 0.337 e. The molecular weight excluding hydrogens is 312 g/mol. The predicted molar refractivity (Wildman–Crippen MR) is 97.7 cm³/mol. The maximum atomic E-state index is 11.5. The second kappa shape index (κ2) is 6.24. The van der Waals surface area contributed by atoms with Gasteiger partial charge in [-0.1, -0.05) is 48.5 Å². The van der Waals surface area contributed by atoms with Crippen LogP contribution in [0, 0.1) is 0 Å². The molecule has 122 valence electrons. The molecular formula is C21H16N2O2. The third kappa shape index (κ3) is 2.90. The van der Waals surface area contributed by atoms with Gasteiger partial charge in [0.05, 0.1) is 16.8 Å². The minimum atomic E-state index is -0.914. The van der Waals surface area contributed by atoms with E-state index in [-0.39, 0.29) is 0 Å². The van der Waals surface area contributed by atoms with Gasteiger partial charge in [0.25, 0.3) is 0 Å². The van der Waals surface area contributed by atoms with E-state index in [0.717, 1.165) is 27.7 Å². The lowest BCUT2D eigenvalue weighted by Crippen LogP contribution is -2.04. The molecule has 1 N–H and O–H groups in total. The van der Waals surface area contributed by atoms with Gasteiger partial charge in [-0.2, -0.15) is 0 Å². The highest BCUT2D eigenvalue weighted by Crippen LogP contribution is 2.22.